The SMILES string of the molecule is CC(C)C1CC(C(=O)N2CCOc3c(O)cc(-c4cccnc4)cc3C2)NN1. The molecule has 4 rings (SSSR count). The Morgan fingerprint density at radius 2 is 2.18 bits per heavy atom. The van der Waals surface area contributed by atoms with Crippen LogP contribution >= 0.6 is 0 Å². The van der Waals surface area contributed by atoms with Crippen molar-refractivity contribution < 1.29 is 14.6 Å². The number of aromatic nitrogens is 1. The van der Waals surface area contributed by atoms with Crippen LogP contribution in [0.15, 0.2) is 36.7 Å². The molecule has 0 aliphatic carbocycles. The maximum atomic E-state index is 13.1. The van der Waals surface area contributed by atoms with Gasteiger partial charge in [0.25, 0.3) is 0 Å². The van der Waals surface area contributed by atoms with Crippen LogP contribution in [0.5, 0.6) is 11.5 Å². The molecule has 2 unspecified atom stereocenters. The second-order valence-electron chi connectivity index (χ2n) is 7.76. The summed E-state index contributed by atoms with van der Waals surface area (Å²) in [6.45, 7) is 5.53. The van der Waals surface area contributed by atoms with E-state index >= 15 is 0 Å². The third-order valence-electron chi connectivity index (χ3n) is 5.46. The van der Waals surface area contributed by atoms with Crippen LogP contribution in [0.1, 0.15) is 25.8 Å². The summed E-state index contributed by atoms with van der Waals surface area (Å²) >= 11 is 0. The lowest BCUT2D eigenvalue weighted by Crippen LogP contribution is -2.46. The number of phenols is 1. The van der Waals surface area contributed by atoms with Crippen LogP contribution in [0.2, 0.25) is 0 Å². The number of carbonyl (C=O) groups is 1. The average molecular weight is 382 g/mol. The number of hydrogen-bond acceptors (Lipinski definition) is 6. The molecule has 1 amide bonds. The summed E-state index contributed by atoms with van der Waals surface area (Å²) in [4.78, 5) is 19.0. The minimum Gasteiger partial charge on any atom is -0.504 e. The van der Waals surface area contributed by atoms with Crippen molar-refractivity contribution in [2.45, 2.75) is 38.9 Å². The van der Waals surface area contributed by atoms with Gasteiger partial charge in [0, 0.05) is 36.1 Å². The normalized spacial score (nSPS) is 21.9. The standard InChI is InChI=1S/C21H26N4O3/c1-13(2)17-10-18(24-23-17)21(27)25-6-7-28-20-16(12-25)8-15(9-19(20)26)14-4-3-5-22-11-14/h3-5,8-9,11,13,17-18,23-24,26H,6-7,10,12H2,1-2H3. The van der Waals surface area contributed by atoms with E-state index in [0.29, 0.717) is 31.4 Å². The third-order valence-corrected chi connectivity index (χ3v) is 5.46. The second-order valence-corrected chi connectivity index (χ2v) is 7.76. The molecule has 1 aromatic carbocycles. The fourth-order valence-corrected chi connectivity index (χ4v) is 3.79. The first-order chi connectivity index (χ1) is 13.5. The van der Waals surface area contributed by atoms with Crippen molar-refractivity contribution >= 4 is 5.91 Å². The van der Waals surface area contributed by atoms with Gasteiger partial charge in [-0.3, -0.25) is 15.2 Å². The first kappa shape index (κ1) is 18.7. The maximum absolute atomic E-state index is 13.1. The highest BCUT2D eigenvalue weighted by molar-refractivity contribution is 5.82. The molecule has 7 heteroatoms. The van der Waals surface area contributed by atoms with Crippen molar-refractivity contribution in [1.82, 2.24) is 20.7 Å². The van der Waals surface area contributed by atoms with E-state index in [9.17, 15) is 9.90 Å². The fraction of sp³-hybridized carbons (Fsp3) is 0.429. The van der Waals surface area contributed by atoms with Gasteiger partial charge in [-0.2, -0.15) is 0 Å². The van der Waals surface area contributed by atoms with E-state index < -0.39 is 0 Å². The summed E-state index contributed by atoms with van der Waals surface area (Å²) in [5.41, 5.74) is 8.92. The van der Waals surface area contributed by atoms with E-state index in [0.717, 1.165) is 23.1 Å². The first-order valence-electron chi connectivity index (χ1n) is 9.72. The van der Waals surface area contributed by atoms with Crippen LogP contribution in [-0.2, 0) is 11.3 Å². The van der Waals surface area contributed by atoms with Crippen molar-refractivity contribution in [2.75, 3.05) is 13.2 Å². The number of aromatic hydroxyl groups is 1. The van der Waals surface area contributed by atoms with Gasteiger partial charge in [0.05, 0.1) is 6.54 Å². The van der Waals surface area contributed by atoms with Crippen LogP contribution < -0.4 is 15.6 Å². The van der Waals surface area contributed by atoms with Crippen LogP contribution in [0, 0.1) is 5.92 Å². The molecule has 2 atom stereocenters. The van der Waals surface area contributed by atoms with E-state index in [4.69, 9.17) is 4.74 Å². The van der Waals surface area contributed by atoms with Crippen LogP contribution in [-0.4, -0.2) is 46.1 Å². The second kappa shape index (κ2) is 7.77. The van der Waals surface area contributed by atoms with Gasteiger partial charge in [0.2, 0.25) is 5.91 Å². The number of hydrazine groups is 1. The van der Waals surface area contributed by atoms with E-state index in [2.05, 4.69) is 29.7 Å². The molecular weight excluding hydrogens is 356 g/mol. The number of nitrogens with zero attached hydrogens (tertiary/aromatic N) is 2. The number of amides is 1. The Kier molecular flexibility index (Phi) is 5.19. The Morgan fingerprint density at radius 3 is 2.89 bits per heavy atom. The van der Waals surface area contributed by atoms with Crippen molar-refractivity contribution in [3.8, 4) is 22.6 Å². The van der Waals surface area contributed by atoms with Gasteiger partial charge in [-0.1, -0.05) is 19.9 Å². The molecule has 0 bridgehead atoms. The van der Waals surface area contributed by atoms with Crippen molar-refractivity contribution in [3.05, 3.63) is 42.2 Å². The molecule has 2 aliphatic rings. The zero-order valence-corrected chi connectivity index (χ0v) is 16.2. The average Bonchev–Trinajstić information content (AvgIpc) is 3.09. The zero-order valence-electron chi connectivity index (χ0n) is 16.2. The van der Waals surface area contributed by atoms with Crippen LogP contribution in [0.3, 0.4) is 0 Å². The number of phenolic OH excluding ortho intramolecular Hbond substituents is 1. The lowest BCUT2D eigenvalue weighted by atomic mass is 9.99. The molecule has 3 heterocycles. The van der Waals surface area contributed by atoms with E-state index in [1.165, 1.54) is 0 Å². The molecule has 7 nitrogen and oxygen atoms in total. The molecule has 3 N–H and O–H groups in total. The highest BCUT2D eigenvalue weighted by Crippen LogP contribution is 2.37. The maximum Gasteiger partial charge on any atom is 0.241 e. The molecule has 1 saturated heterocycles. The number of ether oxygens (including phenoxy) is 1. The minimum atomic E-state index is -0.246. The zero-order chi connectivity index (χ0) is 19.7. The Hall–Kier alpha value is -2.64. The molecule has 148 valence electrons. The topological polar surface area (TPSA) is 86.7 Å². The van der Waals surface area contributed by atoms with Gasteiger partial charge in [-0.05, 0) is 36.1 Å². The summed E-state index contributed by atoms with van der Waals surface area (Å²) in [7, 11) is 0. The number of benzene rings is 1. The third kappa shape index (κ3) is 3.68. The molecule has 2 aliphatic heterocycles. The molecule has 1 fully saturated rings. The van der Waals surface area contributed by atoms with Crippen LogP contribution in [0.4, 0.5) is 0 Å². The Morgan fingerprint density at radius 1 is 1.32 bits per heavy atom. The molecule has 0 saturated carbocycles. The molecular formula is C21H26N4O3. The van der Waals surface area contributed by atoms with Gasteiger partial charge >= 0.3 is 0 Å². The fourth-order valence-electron chi connectivity index (χ4n) is 3.79. The summed E-state index contributed by atoms with van der Waals surface area (Å²) in [6, 6.07) is 7.48. The molecule has 0 spiro atoms. The largest absolute Gasteiger partial charge is 0.504 e. The van der Waals surface area contributed by atoms with Crippen LogP contribution in [0.25, 0.3) is 11.1 Å². The van der Waals surface area contributed by atoms with Gasteiger partial charge in [0.1, 0.15) is 12.6 Å². The Bertz CT molecular complexity index is 856. The highest BCUT2D eigenvalue weighted by Gasteiger charge is 2.34. The predicted octanol–water partition coefficient (Wildman–Crippen LogP) is 2.07. The lowest BCUT2D eigenvalue weighted by Gasteiger charge is -2.23. The van der Waals surface area contributed by atoms with Gasteiger partial charge < -0.3 is 14.7 Å². The first-order valence-corrected chi connectivity index (χ1v) is 9.72. The number of pyridine rings is 1. The summed E-state index contributed by atoms with van der Waals surface area (Å²) < 4.78 is 5.78. The van der Waals surface area contributed by atoms with Crippen molar-refractivity contribution in [1.29, 1.82) is 0 Å². The highest BCUT2D eigenvalue weighted by atomic mass is 16.5. The van der Waals surface area contributed by atoms with E-state index in [1.54, 1.807) is 23.4 Å². The summed E-state index contributed by atoms with van der Waals surface area (Å²) in [5.74, 6) is 1.06. The molecule has 1 aromatic heterocycles. The lowest BCUT2D eigenvalue weighted by molar-refractivity contribution is -0.134. The number of hydrogen-bond donors (Lipinski definition) is 3. The van der Waals surface area contributed by atoms with Crippen molar-refractivity contribution in [2.24, 2.45) is 5.92 Å². The predicted molar refractivity (Wildman–Crippen MR) is 106 cm³/mol. The number of nitrogens with one attached hydrogen (secondary N) is 2. The smallest absolute Gasteiger partial charge is 0.241 e. The van der Waals surface area contributed by atoms with Gasteiger partial charge in [-0.25, -0.2) is 5.43 Å². The van der Waals surface area contributed by atoms with Crippen molar-refractivity contribution in [3.63, 3.8) is 0 Å². The monoisotopic (exact) mass is 382 g/mol. The number of rotatable bonds is 3. The van der Waals surface area contributed by atoms with Gasteiger partial charge in [-0.15, -0.1) is 0 Å². The Balaban J connectivity index is 1.57. The molecule has 2 aromatic rings. The Labute approximate surface area is 164 Å². The molecule has 28 heavy (non-hydrogen) atoms. The van der Waals surface area contributed by atoms with E-state index in [1.807, 2.05) is 18.2 Å². The van der Waals surface area contributed by atoms with Gasteiger partial charge in [0.15, 0.2) is 11.5 Å². The number of fused-ring (bicyclic) bond motifs is 1. The summed E-state index contributed by atoms with van der Waals surface area (Å²) in [6.07, 6.45) is 4.23. The quantitative estimate of drug-likeness (QED) is 0.753. The van der Waals surface area contributed by atoms with E-state index in [-0.39, 0.29) is 23.7 Å². The minimum absolute atomic E-state index is 0.0540. The molecule has 0 radical (unpaired) electrons. The number of carbonyl (C=O) groups excluding carboxylic acids is 1. The summed E-state index contributed by atoms with van der Waals surface area (Å²) in [5, 5.41) is 10.5.